The fourth-order valence-corrected chi connectivity index (χ4v) is 1.92. The molecule has 0 amide bonds. The van der Waals surface area contributed by atoms with E-state index in [4.69, 9.17) is 0 Å². The van der Waals surface area contributed by atoms with Crippen LogP contribution in [0.15, 0.2) is 29.1 Å². The molecular formula is C14H12F4N2O. The molecule has 1 heterocycles. The maximum atomic E-state index is 13.5. The first-order valence-corrected chi connectivity index (χ1v) is 6.28. The standard InChI is InChI=1S/C14H12F4N2O/c1-2-3-12-19-11(7-13(21)20-12)8-4-5-9(10(15)6-8)14(16,17)18/h4-7H,2-3H2,1H3,(H,19,20,21). The van der Waals surface area contributed by atoms with Crippen LogP contribution in [0.1, 0.15) is 24.7 Å². The van der Waals surface area contributed by atoms with Gasteiger partial charge in [-0.15, -0.1) is 0 Å². The summed E-state index contributed by atoms with van der Waals surface area (Å²) in [5.74, 6) is -0.973. The van der Waals surface area contributed by atoms with E-state index < -0.39 is 23.1 Å². The summed E-state index contributed by atoms with van der Waals surface area (Å²) in [7, 11) is 0. The van der Waals surface area contributed by atoms with E-state index in [-0.39, 0.29) is 11.3 Å². The van der Waals surface area contributed by atoms with Crippen molar-refractivity contribution in [2.75, 3.05) is 0 Å². The number of halogens is 4. The number of benzene rings is 1. The molecule has 0 aliphatic heterocycles. The molecule has 112 valence electrons. The fraction of sp³-hybridized carbons (Fsp3) is 0.286. The van der Waals surface area contributed by atoms with Crippen LogP contribution in [0.2, 0.25) is 0 Å². The second-order valence-electron chi connectivity index (χ2n) is 4.52. The highest BCUT2D eigenvalue weighted by Crippen LogP contribution is 2.32. The van der Waals surface area contributed by atoms with Crippen LogP contribution in [-0.4, -0.2) is 9.97 Å². The molecular weight excluding hydrogens is 288 g/mol. The van der Waals surface area contributed by atoms with Crippen molar-refractivity contribution < 1.29 is 17.6 Å². The van der Waals surface area contributed by atoms with Gasteiger partial charge in [0.05, 0.1) is 11.3 Å². The molecule has 0 atom stereocenters. The summed E-state index contributed by atoms with van der Waals surface area (Å²) in [4.78, 5) is 18.2. The van der Waals surface area contributed by atoms with Gasteiger partial charge in [-0.1, -0.05) is 13.0 Å². The fourth-order valence-electron chi connectivity index (χ4n) is 1.92. The van der Waals surface area contributed by atoms with Crippen molar-refractivity contribution in [3.05, 3.63) is 51.8 Å². The van der Waals surface area contributed by atoms with Gasteiger partial charge in [0.2, 0.25) is 0 Å². The summed E-state index contributed by atoms with van der Waals surface area (Å²) in [5, 5.41) is 0. The van der Waals surface area contributed by atoms with Crippen LogP contribution in [0.25, 0.3) is 11.3 Å². The second kappa shape index (κ2) is 5.67. The van der Waals surface area contributed by atoms with E-state index in [0.29, 0.717) is 18.3 Å². The first-order valence-electron chi connectivity index (χ1n) is 6.28. The molecule has 21 heavy (non-hydrogen) atoms. The quantitative estimate of drug-likeness (QED) is 0.881. The Morgan fingerprint density at radius 1 is 1.24 bits per heavy atom. The minimum atomic E-state index is -4.75. The van der Waals surface area contributed by atoms with E-state index in [1.165, 1.54) is 0 Å². The predicted octanol–water partition coefficient (Wildman–Crippen LogP) is 3.55. The van der Waals surface area contributed by atoms with Crippen molar-refractivity contribution >= 4 is 0 Å². The lowest BCUT2D eigenvalue weighted by Gasteiger charge is -2.09. The van der Waals surface area contributed by atoms with Crippen LogP contribution < -0.4 is 5.56 Å². The van der Waals surface area contributed by atoms with E-state index in [9.17, 15) is 22.4 Å². The molecule has 0 aliphatic carbocycles. The van der Waals surface area contributed by atoms with Crippen molar-refractivity contribution in [1.82, 2.24) is 9.97 Å². The van der Waals surface area contributed by atoms with E-state index >= 15 is 0 Å². The van der Waals surface area contributed by atoms with Crippen molar-refractivity contribution in [3.8, 4) is 11.3 Å². The third-order valence-electron chi connectivity index (χ3n) is 2.85. The Kier molecular flexibility index (Phi) is 4.11. The third kappa shape index (κ3) is 3.48. The summed E-state index contributed by atoms with van der Waals surface area (Å²) in [6, 6.07) is 3.61. The molecule has 0 bridgehead atoms. The number of alkyl halides is 3. The van der Waals surface area contributed by atoms with Crippen molar-refractivity contribution in [3.63, 3.8) is 0 Å². The summed E-state index contributed by atoms with van der Waals surface area (Å²) < 4.78 is 51.0. The smallest absolute Gasteiger partial charge is 0.311 e. The molecule has 1 aromatic heterocycles. The maximum absolute atomic E-state index is 13.5. The first-order chi connectivity index (χ1) is 9.81. The Balaban J connectivity index is 2.48. The van der Waals surface area contributed by atoms with E-state index in [0.717, 1.165) is 24.6 Å². The normalized spacial score (nSPS) is 11.7. The van der Waals surface area contributed by atoms with Crippen LogP contribution in [0, 0.1) is 5.82 Å². The van der Waals surface area contributed by atoms with Gasteiger partial charge in [0.1, 0.15) is 11.6 Å². The zero-order valence-electron chi connectivity index (χ0n) is 11.1. The first kappa shape index (κ1) is 15.2. The SMILES string of the molecule is CCCc1nc(-c2ccc(C(F)(F)F)c(F)c2)cc(=O)[nH]1. The minimum absolute atomic E-state index is 0.129. The number of aromatic amines is 1. The molecule has 0 fully saturated rings. The maximum Gasteiger partial charge on any atom is 0.419 e. The molecule has 0 radical (unpaired) electrons. The van der Waals surface area contributed by atoms with Crippen molar-refractivity contribution in [2.24, 2.45) is 0 Å². The summed E-state index contributed by atoms with van der Waals surface area (Å²) >= 11 is 0. The molecule has 0 unspecified atom stereocenters. The lowest BCUT2D eigenvalue weighted by Crippen LogP contribution is -2.11. The van der Waals surface area contributed by atoms with Crippen LogP contribution in [0.5, 0.6) is 0 Å². The van der Waals surface area contributed by atoms with Crippen LogP contribution in [0.4, 0.5) is 17.6 Å². The number of hydrogen-bond acceptors (Lipinski definition) is 2. The molecule has 1 N–H and O–H groups in total. The lowest BCUT2D eigenvalue weighted by atomic mass is 10.1. The summed E-state index contributed by atoms with van der Waals surface area (Å²) in [6.07, 6.45) is -3.49. The lowest BCUT2D eigenvalue weighted by molar-refractivity contribution is -0.139. The largest absolute Gasteiger partial charge is 0.419 e. The average molecular weight is 300 g/mol. The van der Waals surface area contributed by atoms with Gasteiger partial charge in [-0.05, 0) is 18.6 Å². The van der Waals surface area contributed by atoms with Crippen molar-refractivity contribution in [1.29, 1.82) is 0 Å². The zero-order chi connectivity index (χ0) is 15.6. The Labute approximate surface area is 117 Å². The number of nitrogens with zero attached hydrogens (tertiary/aromatic N) is 1. The van der Waals surface area contributed by atoms with E-state index in [1.54, 1.807) is 0 Å². The molecule has 3 nitrogen and oxygen atoms in total. The Hall–Kier alpha value is -2.18. The Morgan fingerprint density at radius 3 is 2.52 bits per heavy atom. The second-order valence-corrected chi connectivity index (χ2v) is 4.52. The molecule has 2 aromatic rings. The molecule has 0 saturated heterocycles. The predicted molar refractivity (Wildman–Crippen MR) is 69.2 cm³/mol. The van der Waals surface area contributed by atoms with Gasteiger partial charge < -0.3 is 4.98 Å². The molecule has 7 heteroatoms. The Morgan fingerprint density at radius 2 is 1.95 bits per heavy atom. The average Bonchev–Trinajstić information content (AvgIpc) is 2.36. The van der Waals surface area contributed by atoms with E-state index in [2.05, 4.69) is 9.97 Å². The number of H-pyrrole nitrogens is 1. The molecule has 0 saturated carbocycles. The van der Waals surface area contributed by atoms with Gasteiger partial charge in [0, 0.05) is 18.1 Å². The monoisotopic (exact) mass is 300 g/mol. The number of nitrogens with one attached hydrogen (secondary N) is 1. The minimum Gasteiger partial charge on any atom is -0.311 e. The molecule has 0 spiro atoms. The van der Waals surface area contributed by atoms with Crippen LogP contribution in [0.3, 0.4) is 0 Å². The van der Waals surface area contributed by atoms with Crippen LogP contribution in [-0.2, 0) is 12.6 Å². The van der Waals surface area contributed by atoms with Crippen LogP contribution >= 0.6 is 0 Å². The van der Waals surface area contributed by atoms with E-state index in [1.807, 2.05) is 6.92 Å². The highest BCUT2D eigenvalue weighted by Gasteiger charge is 2.34. The van der Waals surface area contributed by atoms with Gasteiger partial charge >= 0.3 is 6.18 Å². The zero-order valence-corrected chi connectivity index (χ0v) is 11.1. The van der Waals surface area contributed by atoms with Gasteiger partial charge in [-0.25, -0.2) is 9.37 Å². The number of aryl methyl sites for hydroxylation is 1. The van der Waals surface area contributed by atoms with Gasteiger partial charge in [0.25, 0.3) is 5.56 Å². The van der Waals surface area contributed by atoms with Crippen molar-refractivity contribution in [2.45, 2.75) is 25.9 Å². The summed E-state index contributed by atoms with van der Waals surface area (Å²) in [6.45, 7) is 1.89. The topological polar surface area (TPSA) is 45.8 Å². The highest BCUT2D eigenvalue weighted by atomic mass is 19.4. The number of rotatable bonds is 3. The van der Waals surface area contributed by atoms with Gasteiger partial charge in [0.15, 0.2) is 0 Å². The molecule has 2 rings (SSSR count). The highest BCUT2D eigenvalue weighted by molar-refractivity contribution is 5.59. The number of hydrogen-bond donors (Lipinski definition) is 1. The van der Waals surface area contributed by atoms with Gasteiger partial charge in [-0.2, -0.15) is 13.2 Å². The number of aromatic nitrogens is 2. The molecule has 0 aliphatic rings. The third-order valence-corrected chi connectivity index (χ3v) is 2.85. The van der Waals surface area contributed by atoms with Gasteiger partial charge in [-0.3, -0.25) is 4.79 Å². The summed E-state index contributed by atoms with van der Waals surface area (Å²) in [5.41, 5.74) is -1.49. The molecule has 1 aromatic carbocycles. The Bertz CT molecular complexity index is 707.